The zero-order chi connectivity index (χ0) is 24.0. The van der Waals surface area contributed by atoms with Crippen molar-refractivity contribution in [2.75, 3.05) is 0 Å². The maximum Gasteiger partial charge on any atom is 0.0594 e. The highest BCUT2D eigenvalue weighted by atomic mass is 16.3. The van der Waals surface area contributed by atoms with Gasteiger partial charge in [-0.15, -0.1) is 0 Å². The second-order valence-corrected chi connectivity index (χ2v) is 15.5. The molecule has 33 heavy (non-hydrogen) atoms. The third-order valence-electron chi connectivity index (χ3n) is 14.3. The number of rotatable bonds is 6. The molecule has 0 heterocycles. The van der Waals surface area contributed by atoms with Gasteiger partial charge in [-0.2, -0.15) is 0 Å². The summed E-state index contributed by atoms with van der Waals surface area (Å²) in [6, 6.07) is 0. The second kappa shape index (κ2) is 7.73. The molecule has 5 saturated carbocycles. The van der Waals surface area contributed by atoms with E-state index in [1.54, 1.807) is 0 Å². The quantitative estimate of drug-likeness (QED) is 0.423. The maximum atomic E-state index is 10.9. The Morgan fingerprint density at radius 1 is 0.758 bits per heavy atom. The first-order valence-corrected chi connectivity index (χ1v) is 15.1. The molecule has 1 N–H and O–H groups in total. The van der Waals surface area contributed by atoms with Crippen LogP contribution < -0.4 is 0 Å². The predicted molar refractivity (Wildman–Crippen MR) is 140 cm³/mol. The van der Waals surface area contributed by atoms with E-state index in [-0.39, 0.29) is 11.5 Å². The fraction of sp³-hybridized carbons (Fsp3) is 1.00. The summed E-state index contributed by atoms with van der Waals surface area (Å²) in [5, 5.41) is 10.9. The van der Waals surface area contributed by atoms with Crippen LogP contribution in [0.3, 0.4) is 0 Å². The second-order valence-electron chi connectivity index (χ2n) is 15.5. The Bertz CT molecular complexity index is 754. The molecule has 0 aromatic carbocycles. The van der Waals surface area contributed by atoms with Crippen LogP contribution in [-0.2, 0) is 0 Å². The third kappa shape index (κ3) is 3.05. The summed E-state index contributed by atoms with van der Waals surface area (Å²) >= 11 is 0. The van der Waals surface area contributed by atoms with E-state index in [1.807, 2.05) is 0 Å². The number of fused-ring (bicyclic) bond motifs is 2. The van der Waals surface area contributed by atoms with E-state index < -0.39 is 0 Å². The van der Waals surface area contributed by atoms with E-state index in [1.165, 1.54) is 70.6 Å². The summed E-state index contributed by atoms with van der Waals surface area (Å²) < 4.78 is 0. The highest BCUT2D eigenvalue weighted by molar-refractivity contribution is 5.30. The molecule has 1 heteroatoms. The van der Waals surface area contributed by atoms with Crippen LogP contribution in [0.25, 0.3) is 0 Å². The summed E-state index contributed by atoms with van der Waals surface area (Å²) in [6.45, 7) is 20.2. The fourth-order valence-corrected chi connectivity index (χ4v) is 12.0. The molecule has 190 valence electrons. The SMILES string of the molecule is CC[C@H](CC[C@@H](C)[C@H]1CC[C@@]2(C)[C@@H]3CC[C@H]4C(C)(C)[C@@H](O)CC[C@@]45C[C@@]35CC[C@]12C)C(C)C. The van der Waals surface area contributed by atoms with Crippen molar-refractivity contribution in [3.05, 3.63) is 0 Å². The molecule has 5 aliphatic rings. The fourth-order valence-electron chi connectivity index (χ4n) is 12.0. The minimum absolute atomic E-state index is 0.0822. The molecule has 0 aliphatic heterocycles. The molecule has 5 rings (SSSR count). The molecule has 2 spiro atoms. The Balaban J connectivity index is 1.37. The average Bonchev–Trinajstić information content (AvgIpc) is 3.34. The molecule has 0 amide bonds. The lowest BCUT2D eigenvalue weighted by Crippen LogP contribution is -2.57. The van der Waals surface area contributed by atoms with Crippen LogP contribution in [-0.4, -0.2) is 11.2 Å². The van der Waals surface area contributed by atoms with Gasteiger partial charge >= 0.3 is 0 Å². The maximum absolute atomic E-state index is 10.9. The molecule has 0 bridgehead atoms. The van der Waals surface area contributed by atoms with Gasteiger partial charge in [-0.3, -0.25) is 0 Å². The topological polar surface area (TPSA) is 20.2 Å². The molecular weight excluding hydrogens is 400 g/mol. The zero-order valence-electron chi connectivity index (χ0n) is 23.5. The van der Waals surface area contributed by atoms with Crippen LogP contribution in [0.2, 0.25) is 0 Å². The molecular formula is C32H56O. The van der Waals surface area contributed by atoms with Gasteiger partial charge in [0.05, 0.1) is 6.10 Å². The van der Waals surface area contributed by atoms with Crippen LogP contribution in [0, 0.1) is 62.6 Å². The van der Waals surface area contributed by atoms with Crippen molar-refractivity contribution in [2.45, 2.75) is 139 Å². The highest BCUT2D eigenvalue weighted by Crippen LogP contribution is 2.89. The van der Waals surface area contributed by atoms with Crippen LogP contribution in [0.15, 0.2) is 0 Å². The van der Waals surface area contributed by atoms with Gasteiger partial charge in [-0.05, 0) is 127 Å². The largest absolute Gasteiger partial charge is 0.393 e. The molecule has 0 saturated heterocycles. The normalized spacial score (nSPS) is 51.8. The summed E-state index contributed by atoms with van der Waals surface area (Å²) in [7, 11) is 0. The standard InChI is InChI=1S/C32H56O/c1-9-23(21(2)3)11-10-22(4)24-14-16-30(8)26-13-12-25-28(5,6)27(33)15-17-31(25)20-32(26,31)19-18-29(24,30)7/h21-27,33H,9-20H2,1-8H3/t22-,23-,24-,25+,26+,27+,29-,30+,31-,32+/m1/s1. The number of aliphatic hydroxyl groups excluding tert-OH is 1. The van der Waals surface area contributed by atoms with Gasteiger partial charge in [-0.1, -0.05) is 68.2 Å². The van der Waals surface area contributed by atoms with Gasteiger partial charge in [0.25, 0.3) is 0 Å². The van der Waals surface area contributed by atoms with Crippen molar-refractivity contribution < 1.29 is 5.11 Å². The van der Waals surface area contributed by atoms with Crippen LogP contribution >= 0.6 is 0 Å². The van der Waals surface area contributed by atoms with E-state index >= 15 is 0 Å². The zero-order valence-corrected chi connectivity index (χ0v) is 23.5. The van der Waals surface area contributed by atoms with E-state index in [4.69, 9.17) is 0 Å². The van der Waals surface area contributed by atoms with Gasteiger partial charge in [0.1, 0.15) is 0 Å². The first-order chi connectivity index (χ1) is 15.4. The lowest BCUT2D eigenvalue weighted by Gasteiger charge is -2.63. The third-order valence-corrected chi connectivity index (χ3v) is 14.3. The van der Waals surface area contributed by atoms with E-state index in [2.05, 4.69) is 55.4 Å². The summed E-state index contributed by atoms with van der Waals surface area (Å²) in [5.41, 5.74) is 2.42. The predicted octanol–water partition coefficient (Wildman–Crippen LogP) is 8.88. The van der Waals surface area contributed by atoms with E-state index in [9.17, 15) is 5.11 Å². The molecule has 5 aliphatic carbocycles. The Morgan fingerprint density at radius 3 is 2.09 bits per heavy atom. The van der Waals surface area contributed by atoms with Gasteiger partial charge in [0.2, 0.25) is 0 Å². The number of hydrogen-bond donors (Lipinski definition) is 1. The van der Waals surface area contributed by atoms with Crippen LogP contribution in [0.4, 0.5) is 0 Å². The summed E-state index contributed by atoms with van der Waals surface area (Å²) in [4.78, 5) is 0. The lowest BCUT2D eigenvalue weighted by molar-refractivity contribution is -0.161. The molecule has 5 fully saturated rings. The van der Waals surface area contributed by atoms with Crippen molar-refractivity contribution in [3.8, 4) is 0 Å². The van der Waals surface area contributed by atoms with Gasteiger partial charge in [0.15, 0.2) is 0 Å². The molecule has 10 atom stereocenters. The molecule has 0 aromatic heterocycles. The first-order valence-electron chi connectivity index (χ1n) is 15.1. The molecule has 0 radical (unpaired) electrons. The highest BCUT2D eigenvalue weighted by Gasteiger charge is 2.82. The minimum atomic E-state index is -0.0822. The van der Waals surface area contributed by atoms with E-state index in [0.29, 0.717) is 21.7 Å². The summed E-state index contributed by atoms with van der Waals surface area (Å²) in [6.07, 6.45) is 16.8. The first kappa shape index (κ1) is 24.6. The smallest absolute Gasteiger partial charge is 0.0594 e. The minimum Gasteiger partial charge on any atom is -0.393 e. The van der Waals surface area contributed by atoms with Crippen molar-refractivity contribution in [1.29, 1.82) is 0 Å². The van der Waals surface area contributed by atoms with Gasteiger partial charge in [-0.25, -0.2) is 0 Å². The Labute approximate surface area is 206 Å². The monoisotopic (exact) mass is 456 g/mol. The number of hydrogen-bond acceptors (Lipinski definition) is 1. The van der Waals surface area contributed by atoms with Crippen molar-refractivity contribution in [3.63, 3.8) is 0 Å². The average molecular weight is 457 g/mol. The van der Waals surface area contributed by atoms with Gasteiger partial charge < -0.3 is 5.11 Å². The molecule has 0 aromatic rings. The molecule has 0 unspecified atom stereocenters. The Kier molecular flexibility index (Phi) is 5.77. The van der Waals surface area contributed by atoms with Crippen LogP contribution in [0.1, 0.15) is 132 Å². The lowest BCUT2D eigenvalue weighted by atomic mass is 9.41. The van der Waals surface area contributed by atoms with E-state index in [0.717, 1.165) is 41.9 Å². The summed E-state index contributed by atoms with van der Waals surface area (Å²) in [5.74, 6) is 5.27. The van der Waals surface area contributed by atoms with Crippen LogP contribution in [0.5, 0.6) is 0 Å². The number of aliphatic hydroxyl groups is 1. The van der Waals surface area contributed by atoms with Crippen molar-refractivity contribution in [2.24, 2.45) is 62.6 Å². The van der Waals surface area contributed by atoms with Crippen molar-refractivity contribution >= 4 is 0 Å². The van der Waals surface area contributed by atoms with Crippen molar-refractivity contribution in [1.82, 2.24) is 0 Å². The Morgan fingerprint density at radius 2 is 1.42 bits per heavy atom. The molecule has 1 nitrogen and oxygen atoms in total. The van der Waals surface area contributed by atoms with Gasteiger partial charge in [0, 0.05) is 0 Å². The Hall–Kier alpha value is -0.0400.